The summed E-state index contributed by atoms with van der Waals surface area (Å²) < 4.78 is 9.57. The maximum Gasteiger partial charge on any atom is 0.407 e. The molecule has 26 heavy (non-hydrogen) atoms. The number of nitrogens with one attached hydrogen (secondary N) is 2. The number of alkyl carbamates (subject to hydrolysis) is 1. The molecular weight excluding hydrogens is 344 g/mol. The summed E-state index contributed by atoms with van der Waals surface area (Å²) >= 11 is 0. The summed E-state index contributed by atoms with van der Waals surface area (Å²) in [5.41, 5.74) is 0.799. The summed E-state index contributed by atoms with van der Waals surface area (Å²) in [4.78, 5) is 33.9. The number of aliphatic hydroxyl groups excluding tert-OH is 1. The van der Waals surface area contributed by atoms with Crippen LogP contribution in [-0.4, -0.2) is 54.2 Å². The Balaban J connectivity index is 2.50. The van der Waals surface area contributed by atoms with Crippen molar-refractivity contribution in [1.29, 1.82) is 0 Å². The minimum Gasteiger partial charge on any atom is -0.467 e. The number of esters is 1. The van der Waals surface area contributed by atoms with E-state index in [0.717, 1.165) is 12.7 Å². The lowest BCUT2D eigenvalue weighted by Crippen LogP contribution is -2.47. The fourth-order valence-corrected chi connectivity index (χ4v) is 2.19. The van der Waals surface area contributed by atoms with Crippen molar-refractivity contribution in [1.82, 2.24) is 10.6 Å². The van der Waals surface area contributed by atoms with Crippen LogP contribution < -0.4 is 10.6 Å². The van der Waals surface area contributed by atoms with Crippen LogP contribution in [0.5, 0.6) is 0 Å². The van der Waals surface area contributed by atoms with Crippen molar-refractivity contribution in [3.05, 3.63) is 35.9 Å². The second kappa shape index (κ2) is 11.7. The van der Waals surface area contributed by atoms with E-state index in [9.17, 15) is 19.5 Å². The maximum absolute atomic E-state index is 11.9. The predicted octanol–water partition coefficient (Wildman–Crippen LogP) is 1.25. The van der Waals surface area contributed by atoms with Crippen LogP contribution in [0.3, 0.4) is 0 Å². The largest absolute Gasteiger partial charge is 0.467 e. The molecule has 0 aliphatic rings. The van der Waals surface area contributed by atoms with E-state index in [4.69, 9.17) is 9.84 Å². The number of ether oxygens (including phenoxy) is 2. The third kappa shape index (κ3) is 8.34. The number of hydrogen-bond donors (Lipinski definition) is 4. The molecule has 1 aromatic carbocycles. The number of amides is 2. The fraction of sp³-hybridized carbons (Fsp3) is 0.471. The molecule has 0 heterocycles. The molecule has 2 atom stereocenters. The molecule has 0 aliphatic carbocycles. The number of methoxy groups -OCH3 is 1. The van der Waals surface area contributed by atoms with Crippen LogP contribution in [0.1, 0.15) is 24.8 Å². The molecule has 2 amide bonds. The Hall–Kier alpha value is -2.81. The van der Waals surface area contributed by atoms with Gasteiger partial charge in [-0.05, 0) is 24.8 Å². The lowest BCUT2D eigenvalue weighted by Gasteiger charge is -2.22. The Labute approximate surface area is 151 Å². The molecule has 0 radical (unpaired) electrons. The zero-order chi connectivity index (χ0) is 19.4. The standard InChI is InChI=1S/C17H24N2O7/c1-25-15(21)14(20)13(9-5-6-10-18-16(22)23)19-17(24)26-11-12-7-3-2-4-8-12/h2-4,7-8,13-14,18,20H,5-6,9-11H2,1H3,(H,19,24)(H,22,23)/t13-,14?/m0/s1. The van der Waals surface area contributed by atoms with E-state index in [2.05, 4.69) is 15.4 Å². The van der Waals surface area contributed by atoms with Gasteiger partial charge in [0.1, 0.15) is 6.61 Å². The highest BCUT2D eigenvalue weighted by molar-refractivity contribution is 5.76. The molecular formula is C17H24N2O7. The molecule has 9 nitrogen and oxygen atoms in total. The van der Waals surface area contributed by atoms with E-state index in [0.29, 0.717) is 12.8 Å². The number of benzene rings is 1. The smallest absolute Gasteiger partial charge is 0.407 e. The summed E-state index contributed by atoms with van der Waals surface area (Å²) in [6.45, 7) is 0.283. The third-order valence-electron chi connectivity index (χ3n) is 3.56. The first kappa shape index (κ1) is 21.2. The maximum atomic E-state index is 11.9. The number of carbonyl (C=O) groups excluding carboxylic acids is 2. The molecule has 0 aliphatic heterocycles. The highest BCUT2D eigenvalue weighted by Crippen LogP contribution is 2.08. The van der Waals surface area contributed by atoms with Crippen molar-refractivity contribution in [3.63, 3.8) is 0 Å². The predicted molar refractivity (Wildman–Crippen MR) is 91.5 cm³/mol. The van der Waals surface area contributed by atoms with E-state index < -0.39 is 30.3 Å². The van der Waals surface area contributed by atoms with Crippen LogP contribution in [0.2, 0.25) is 0 Å². The number of carbonyl (C=O) groups is 3. The van der Waals surface area contributed by atoms with Crippen LogP contribution in [0.4, 0.5) is 9.59 Å². The van der Waals surface area contributed by atoms with Gasteiger partial charge in [0.2, 0.25) is 0 Å². The first-order valence-electron chi connectivity index (χ1n) is 8.14. The van der Waals surface area contributed by atoms with Crippen LogP contribution in [-0.2, 0) is 20.9 Å². The minimum atomic E-state index is -1.54. The van der Waals surface area contributed by atoms with Crippen LogP contribution in [0, 0.1) is 0 Å². The van der Waals surface area contributed by atoms with E-state index in [-0.39, 0.29) is 19.6 Å². The van der Waals surface area contributed by atoms with Crippen LogP contribution in [0.25, 0.3) is 0 Å². The minimum absolute atomic E-state index is 0.0518. The third-order valence-corrected chi connectivity index (χ3v) is 3.56. The molecule has 1 rings (SSSR count). The normalized spacial score (nSPS) is 12.5. The van der Waals surface area contributed by atoms with Crippen molar-refractivity contribution in [2.24, 2.45) is 0 Å². The number of rotatable bonds is 10. The van der Waals surface area contributed by atoms with Gasteiger partial charge in [-0.1, -0.05) is 30.3 Å². The molecule has 0 bridgehead atoms. The van der Waals surface area contributed by atoms with Gasteiger partial charge in [-0.2, -0.15) is 0 Å². The first-order chi connectivity index (χ1) is 12.4. The molecule has 1 unspecified atom stereocenters. The summed E-state index contributed by atoms with van der Waals surface area (Å²) in [5.74, 6) is -0.873. The van der Waals surface area contributed by atoms with Gasteiger partial charge in [0.15, 0.2) is 6.10 Å². The average molecular weight is 368 g/mol. The molecule has 0 spiro atoms. The van der Waals surface area contributed by atoms with Crippen molar-refractivity contribution < 1.29 is 34.1 Å². The van der Waals surface area contributed by atoms with Crippen molar-refractivity contribution in [2.75, 3.05) is 13.7 Å². The molecule has 1 aromatic rings. The van der Waals surface area contributed by atoms with Crippen molar-refractivity contribution in [2.45, 2.75) is 38.0 Å². The average Bonchev–Trinajstić information content (AvgIpc) is 2.64. The summed E-state index contributed by atoms with van der Waals surface area (Å²) in [7, 11) is 1.13. The lowest BCUT2D eigenvalue weighted by atomic mass is 10.0. The Bertz CT molecular complexity index is 580. The quantitative estimate of drug-likeness (QED) is 0.361. The van der Waals surface area contributed by atoms with Gasteiger partial charge in [0.25, 0.3) is 0 Å². The zero-order valence-corrected chi connectivity index (χ0v) is 14.5. The first-order valence-corrected chi connectivity index (χ1v) is 8.14. The number of unbranched alkanes of at least 4 members (excludes halogenated alkanes) is 1. The monoisotopic (exact) mass is 368 g/mol. The van der Waals surface area contributed by atoms with E-state index in [1.165, 1.54) is 0 Å². The highest BCUT2D eigenvalue weighted by Gasteiger charge is 2.28. The molecule has 0 saturated carbocycles. The SMILES string of the molecule is COC(=O)C(O)[C@H](CCCCNC(=O)O)NC(=O)OCc1ccccc1. The second-order valence-corrected chi connectivity index (χ2v) is 5.51. The van der Waals surface area contributed by atoms with Gasteiger partial charge in [-0.3, -0.25) is 0 Å². The summed E-state index contributed by atoms with van der Waals surface area (Å²) in [6.07, 6.45) is -2.24. The summed E-state index contributed by atoms with van der Waals surface area (Å²) in [5, 5.41) is 23.2. The topological polar surface area (TPSA) is 134 Å². The van der Waals surface area contributed by atoms with Gasteiger partial charge in [0, 0.05) is 6.54 Å². The van der Waals surface area contributed by atoms with E-state index in [1.54, 1.807) is 12.1 Å². The van der Waals surface area contributed by atoms with Crippen molar-refractivity contribution >= 4 is 18.2 Å². The Morgan fingerprint density at radius 1 is 1.15 bits per heavy atom. The van der Waals surface area contributed by atoms with Gasteiger partial charge < -0.3 is 30.3 Å². The van der Waals surface area contributed by atoms with Crippen LogP contribution >= 0.6 is 0 Å². The second-order valence-electron chi connectivity index (χ2n) is 5.51. The molecule has 9 heteroatoms. The lowest BCUT2D eigenvalue weighted by molar-refractivity contribution is -0.152. The van der Waals surface area contributed by atoms with Crippen molar-refractivity contribution in [3.8, 4) is 0 Å². The molecule has 144 valence electrons. The Morgan fingerprint density at radius 3 is 2.46 bits per heavy atom. The number of carboxylic acid groups (broad SMARTS) is 1. The van der Waals surface area contributed by atoms with Gasteiger partial charge in [-0.15, -0.1) is 0 Å². The van der Waals surface area contributed by atoms with Gasteiger partial charge in [0.05, 0.1) is 13.2 Å². The number of hydrogen-bond acceptors (Lipinski definition) is 6. The van der Waals surface area contributed by atoms with E-state index >= 15 is 0 Å². The Kier molecular flexibility index (Phi) is 9.55. The van der Waals surface area contributed by atoms with Crippen LogP contribution in [0.15, 0.2) is 30.3 Å². The zero-order valence-electron chi connectivity index (χ0n) is 14.5. The molecule has 0 aromatic heterocycles. The van der Waals surface area contributed by atoms with Gasteiger partial charge >= 0.3 is 18.2 Å². The van der Waals surface area contributed by atoms with Gasteiger partial charge in [-0.25, -0.2) is 14.4 Å². The molecule has 0 fully saturated rings. The molecule has 4 N–H and O–H groups in total. The Morgan fingerprint density at radius 2 is 1.85 bits per heavy atom. The molecule has 0 saturated heterocycles. The van der Waals surface area contributed by atoms with E-state index in [1.807, 2.05) is 18.2 Å². The number of aliphatic hydroxyl groups is 1. The highest BCUT2D eigenvalue weighted by atomic mass is 16.6. The fourth-order valence-electron chi connectivity index (χ4n) is 2.19. The summed E-state index contributed by atoms with van der Waals surface area (Å²) in [6, 6.07) is 8.14.